The van der Waals surface area contributed by atoms with Gasteiger partial charge in [0.15, 0.2) is 0 Å². The average Bonchev–Trinajstić information content (AvgIpc) is 2.68. The molecule has 4 atom stereocenters. The topological polar surface area (TPSA) is 47.3 Å². The Hall–Kier alpha value is -0.590. The fraction of sp³-hybridized carbons (Fsp3) is 0.929. The second kappa shape index (κ2) is 5.84. The first kappa shape index (κ1) is 12.9. The maximum Gasteiger partial charge on any atom is 0.0672 e. The Morgan fingerprint density at radius 1 is 1.24 bits per heavy atom. The van der Waals surface area contributed by atoms with E-state index in [2.05, 4.69) is 11.0 Å². The number of likely N-dealkylation sites (tertiary alicyclic amines) is 1. The summed E-state index contributed by atoms with van der Waals surface area (Å²) in [5.41, 5.74) is 0. The molecule has 1 aliphatic carbocycles. The molecule has 2 aliphatic rings. The summed E-state index contributed by atoms with van der Waals surface area (Å²) >= 11 is 0. The summed E-state index contributed by atoms with van der Waals surface area (Å²) < 4.78 is 0. The molecule has 0 aromatic rings. The zero-order chi connectivity index (χ0) is 12.3. The van der Waals surface area contributed by atoms with E-state index in [9.17, 15) is 10.4 Å². The third-order valence-electron chi connectivity index (χ3n) is 4.55. The summed E-state index contributed by atoms with van der Waals surface area (Å²) in [5.74, 6) is 0.628. The van der Waals surface area contributed by atoms with Crippen molar-refractivity contribution in [3.8, 4) is 6.07 Å². The summed E-state index contributed by atoms with van der Waals surface area (Å²) in [6, 6.07) is 2.96. The SMILES string of the molecule is CC(O)C1CCN(C2CCCCCC2C#N)C1. The lowest BCUT2D eigenvalue weighted by Crippen LogP contribution is -2.39. The summed E-state index contributed by atoms with van der Waals surface area (Å²) in [6.45, 7) is 3.95. The zero-order valence-corrected chi connectivity index (χ0v) is 10.8. The molecule has 2 rings (SSSR count). The standard InChI is InChI=1S/C14H24N2O/c1-11(17)13-7-8-16(10-13)14-6-4-2-3-5-12(14)9-15/h11-14,17H,2-8,10H2,1H3. The van der Waals surface area contributed by atoms with Crippen LogP contribution in [0.1, 0.15) is 45.4 Å². The first-order chi connectivity index (χ1) is 8.22. The van der Waals surface area contributed by atoms with Gasteiger partial charge in [-0.2, -0.15) is 5.26 Å². The van der Waals surface area contributed by atoms with Crippen LogP contribution in [-0.4, -0.2) is 35.2 Å². The Kier molecular flexibility index (Phi) is 4.42. The van der Waals surface area contributed by atoms with Crippen LogP contribution in [-0.2, 0) is 0 Å². The van der Waals surface area contributed by atoms with E-state index in [-0.39, 0.29) is 12.0 Å². The van der Waals surface area contributed by atoms with Gasteiger partial charge in [0.2, 0.25) is 0 Å². The van der Waals surface area contributed by atoms with Crippen LogP contribution in [0, 0.1) is 23.2 Å². The molecule has 1 aliphatic heterocycles. The van der Waals surface area contributed by atoms with Crippen molar-refractivity contribution in [2.45, 2.75) is 57.6 Å². The molecular weight excluding hydrogens is 212 g/mol. The van der Waals surface area contributed by atoms with Crippen molar-refractivity contribution in [2.24, 2.45) is 11.8 Å². The van der Waals surface area contributed by atoms with E-state index >= 15 is 0 Å². The quantitative estimate of drug-likeness (QED) is 0.747. The van der Waals surface area contributed by atoms with Crippen LogP contribution in [0.2, 0.25) is 0 Å². The van der Waals surface area contributed by atoms with E-state index < -0.39 is 0 Å². The van der Waals surface area contributed by atoms with Gasteiger partial charge in [0, 0.05) is 12.6 Å². The molecule has 3 heteroatoms. The summed E-state index contributed by atoms with van der Waals surface area (Å²) in [4.78, 5) is 2.47. The van der Waals surface area contributed by atoms with E-state index in [1.54, 1.807) is 0 Å². The third kappa shape index (κ3) is 3.00. The molecule has 1 N–H and O–H groups in total. The molecule has 2 fully saturated rings. The van der Waals surface area contributed by atoms with Crippen molar-refractivity contribution in [1.29, 1.82) is 5.26 Å². The molecule has 0 bridgehead atoms. The number of aliphatic hydroxyl groups is 1. The van der Waals surface area contributed by atoms with E-state index in [1.165, 1.54) is 25.7 Å². The molecule has 3 nitrogen and oxygen atoms in total. The third-order valence-corrected chi connectivity index (χ3v) is 4.55. The monoisotopic (exact) mass is 236 g/mol. The maximum atomic E-state index is 9.66. The number of nitriles is 1. The molecule has 0 aromatic carbocycles. The lowest BCUT2D eigenvalue weighted by molar-refractivity contribution is 0.115. The van der Waals surface area contributed by atoms with Gasteiger partial charge in [0.1, 0.15) is 0 Å². The average molecular weight is 236 g/mol. The molecule has 17 heavy (non-hydrogen) atoms. The Morgan fingerprint density at radius 3 is 2.65 bits per heavy atom. The maximum absolute atomic E-state index is 9.66. The number of aliphatic hydroxyl groups excluding tert-OH is 1. The molecule has 4 unspecified atom stereocenters. The summed E-state index contributed by atoms with van der Waals surface area (Å²) in [6.07, 6.45) is 6.88. The second-order valence-electron chi connectivity index (χ2n) is 5.73. The highest BCUT2D eigenvalue weighted by atomic mass is 16.3. The van der Waals surface area contributed by atoms with Crippen LogP contribution in [0.5, 0.6) is 0 Å². The van der Waals surface area contributed by atoms with Gasteiger partial charge in [0.05, 0.1) is 18.1 Å². The molecule has 1 saturated heterocycles. The molecular formula is C14H24N2O. The highest BCUT2D eigenvalue weighted by Crippen LogP contribution is 2.31. The van der Waals surface area contributed by atoms with Gasteiger partial charge in [0.25, 0.3) is 0 Å². The Morgan fingerprint density at radius 2 is 2.00 bits per heavy atom. The van der Waals surface area contributed by atoms with Crippen molar-refractivity contribution >= 4 is 0 Å². The minimum Gasteiger partial charge on any atom is -0.393 e. The van der Waals surface area contributed by atoms with Crippen LogP contribution in [0.4, 0.5) is 0 Å². The largest absolute Gasteiger partial charge is 0.393 e. The highest BCUT2D eigenvalue weighted by molar-refractivity contribution is 4.96. The highest BCUT2D eigenvalue weighted by Gasteiger charge is 2.34. The molecule has 0 amide bonds. The lowest BCUT2D eigenvalue weighted by Gasteiger charge is -2.30. The first-order valence-electron chi connectivity index (χ1n) is 7.04. The number of hydrogen-bond donors (Lipinski definition) is 1. The van der Waals surface area contributed by atoms with Gasteiger partial charge >= 0.3 is 0 Å². The van der Waals surface area contributed by atoms with Gasteiger partial charge < -0.3 is 5.11 Å². The normalized spacial score (nSPS) is 37.4. The minimum absolute atomic E-state index is 0.202. The molecule has 1 saturated carbocycles. The van der Waals surface area contributed by atoms with Crippen LogP contribution in [0.15, 0.2) is 0 Å². The van der Waals surface area contributed by atoms with Crippen molar-refractivity contribution in [3.63, 3.8) is 0 Å². The second-order valence-corrected chi connectivity index (χ2v) is 5.73. The number of nitrogens with zero attached hydrogens (tertiary/aromatic N) is 2. The van der Waals surface area contributed by atoms with Gasteiger partial charge in [-0.25, -0.2) is 0 Å². The Bertz CT molecular complexity index is 284. The van der Waals surface area contributed by atoms with Crippen LogP contribution in [0.3, 0.4) is 0 Å². The number of rotatable bonds is 2. The van der Waals surface area contributed by atoms with Crippen molar-refractivity contribution in [3.05, 3.63) is 0 Å². The minimum atomic E-state index is -0.202. The molecule has 0 aromatic heterocycles. The van der Waals surface area contributed by atoms with Crippen molar-refractivity contribution in [1.82, 2.24) is 4.90 Å². The molecule has 1 heterocycles. The van der Waals surface area contributed by atoms with Crippen LogP contribution >= 0.6 is 0 Å². The van der Waals surface area contributed by atoms with Gasteiger partial charge in [-0.1, -0.05) is 19.3 Å². The van der Waals surface area contributed by atoms with Crippen LogP contribution in [0.25, 0.3) is 0 Å². The summed E-state index contributed by atoms with van der Waals surface area (Å²) in [7, 11) is 0. The van der Waals surface area contributed by atoms with E-state index in [0.717, 1.165) is 25.9 Å². The van der Waals surface area contributed by atoms with Gasteiger partial charge in [-0.05, 0) is 38.6 Å². The van der Waals surface area contributed by atoms with Gasteiger partial charge in [-0.3, -0.25) is 4.90 Å². The Balaban J connectivity index is 1.98. The smallest absolute Gasteiger partial charge is 0.0672 e. The van der Waals surface area contributed by atoms with E-state index in [1.807, 2.05) is 6.92 Å². The predicted octanol–water partition coefficient (Wildman–Crippen LogP) is 2.16. The zero-order valence-electron chi connectivity index (χ0n) is 10.8. The van der Waals surface area contributed by atoms with Gasteiger partial charge in [-0.15, -0.1) is 0 Å². The summed E-state index contributed by atoms with van der Waals surface area (Å²) in [5, 5.41) is 19.0. The first-order valence-corrected chi connectivity index (χ1v) is 7.04. The Labute approximate surface area is 104 Å². The predicted molar refractivity (Wildman–Crippen MR) is 67.3 cm³/mol. The van der Waals surface area contributed by atoms with Crippen molar-refractivity contribution < 1.29 is 5.11 Å². The van der Waals surface area contributed by atoms with Crippen molar-refractivity contribution in [2.75, 3.05) is 13.1 Å². The molecule has 96 valence electrons. The van der Waals surface area contributed by atoms with E-state index in [4.69, 9.17) is 0 Å². The lowest BCUT2D eigenvalue weighted by atomic mass is 9.95. The van der Waals surface area contributed by atoms with Crippen LogP contribution < -0.4 is 0 Å². The number of hydrogen-bond acceptors (Lipinski definition) is 3. The molecule has 0 radical (unpaired) electrons. The molecule has 0 spiro atoms. The fourth-order valence-electron chi connectivity index (χ4n) is 3.39. The van der Waals surface area contributed by atoms with E-state index in [0.29, 0.717) is 12.0 Å². The fourth-order valence-corrected chi connectivity index (χ4v) is 3.39.